The Kier molecular flexibility index (Phi) is 5.16. The molecule has 0 atom stereocenters. The van der Waals surface area contributed by atoms with Crippen LogP contribution in [0.3, 0.4) is 0 Å². The molecular weight excluding hydrogens is 124 g/mol. The Morgan fingerprint density at radius 1 is 1.40 bits per heavy atom. The third-order valence-corrected chi connectivity index (χ3v) is 0.859. The maximum absolute atomic E-state index is 8.94. The third kappa shape index (κ3) is 4.91. The van der Waals surface area contributed by atoms with Gasteiger partial charge in [-0.25, -0.2) is 0 Å². The number of hydrogen-bond acceptors (Lipinski definition) is 1. The Labute approximate surface area is 61.7 Å². The molecule has 0 aliphatic carbocycles. The number of aliphatic hydroxyl groups excluding tert-OH is 1. The number of rotatable bonds is 3. The molecule has 0 aromatic heterocycles. The predicted molar refractivity (Wildman–Crippen MR) is 44.9 cm³/mol. The van der Waals surface area contributed by atoms with E-state index in [2.05, 4.69) is 6.58 Å². The third-order valence-electron chi connectivity index (χ3n) is 0.859. The fourth-order valence-corrected chi connectivity index (χ4v) is 0.442. The van der Waals surface area contributed by atoms with E-state index >= 15 is 0 Å². The first-order valence-corrected chi connectivity index (χ1v) is 3.12. The van der Waals surface area contributed by atoms with Crippen LogP contribution in [-0.2, 0) is 0 Å². The predicted octanol–water partition coefficient (Wildman–Crippen LogP) is 2.75. The Hall–Kier alpha value is -1.24. The lowest BCUT2D eigenvalue weighted by molar-refractivity contribution is 0.432. The van der Waals surface area contributed by atoms with Gasteiger partial charge in [0.1, 0.15) is 5.76 Å². The zero-order chi connectivity index (χ0) is 7.82. The van der Waals surface area contributed by atoms with Crippen LogP contribution in [0.5, 0.6) is 0 Å². The highest BCUT2D eigenvalue weighted by Crippen LogP contribution is 1.90. The van der Waals surface area contributed by atoms with Crippen molar-refractivity contribution in [2.24, 2.45) is 0 Å². The van der Waals surface area contributed by atoms with Gasteiger partial charge in [-0.3, -0.25) is 0 Å². The maximum atomic E-state index is 8.94. The molecule has 0 rings (SSSR count). The van der Waals surface area contributed by atoms with Crippen molar-refractivity contribution in [3.63, 3.8) is 0 Å². The quantitative estimate of drug-likeness (QED) is 0.467. The van der Waals surface area contributed by atoms with E-state index in [0.29, 0.717) is 0 Å². The zero-order valence-corrected chi connectivity index (χ0v) is 6.12. The van der Waals surface area contributed by atoms with Crippen molar-refractivity contribution in [2.75, 3.05) is 0 Å². The molecule has 0 aromatic carbocycles. The fraction of sp³-hybridized carbons (Fsp3) is 0.111. The lowest BCUT2D eigenvalue weighted by Gasteiger charge is -1.83. The molecule has 0 aromatic rings. The van der Waals surface area contributed by atoms with Crippen molar-refractivity contribution in [2.45, 2.75) is 6.92 Å². The molecule has 0 unspecified atom stereocenters. The van der Waals surface area contributed by atoms with Crippen LogP contribution in [-0.4, -0.2) is 5.11 Å². The molecule has 1 heteroatoms. The Bertz CT molecular complexity index is 173. The number of aliphatic hydroxyl groups is 1. The van der Waals surface area contributed by atoms with Gasteiger partial charge in [-0.1, -0.05) is 30.9 Å². The molecule has 0 aliphatic heterocycles. The highest BCUT2D eigenvalue weighted by molar-refractivity contribution is 5.19. The van der Waals surface area contributed by atoms with Crippen LogP contribution in [0.2, 0.25) is 0 Å². The van der Waals surface area contributed by atoms with Crippen LogP contribution in [0.25, 0.3) is 0 Å². The summed E-state index contributed by atoms with van der Waals surface area (Å²) in [6.07, 6.45) is 10.1. The molecule has 0 saturated heterocycles. The lowest BCUT2D eigenvalue weighted by atomic mass is 10.3. The Balaban J connectivity index is 3.88. The van der Waals surface area contributed by atoms with Gasteiger partial charge in [-0.05, 0) is 19.1 Å². The highest BCUT2D eigenvalue weighted by atomic mass is 16.3. The second-order valence-electron chi connectivity index (χ2n) is 1.71. The van der Waals surface area contributed by atoms with E-state index in [9.17, 15) is 0 Å². The molecule has 0 radical (unpaired) electrons. The van der Waals surface area contributed by atoms with Crippen LogP contribution in [0.1, 0.15) is 6.92 Å². The summed E-state index contributed by atoms with van der Waals surface area (Å²) in [6, 6.07) is 0. The molecule has 0 spiro atoms. The summed E-state index contributed by atoms with van der Waals surface area (Å²) in [4.78, 5) is 0. The van der Waals surface area contributed by atoms with Crippen LogP contribution in [0, 0.1) is 0 Å². The topological polar surface area (TPSA) is 20.2 Å². The summed E-state index contributed by atoms with van der Waals surface area (Å²) >= 11 is 0. The molecule has 0 saturated carbocycles. The van der Waals surface area contributed by atoms with Crippen molar-refractivity contribution in [3.05, 3.63) is 48.8 Å². The van der Waals surface area contributed by atoms with E-state index in [1.165, 1.54) is 12.2 Å². The van der Waals surface area contributed by atoms with Gasteiger partial charge >= 0.3 is 0 Å². The van der Waals surface area contributed by atoms with Gasteiger partial charge in [0.05, 0.1) is 0 Å². The first-order chi connectivity index (χ1) is 4.81. The van der Waals surface area contributed by atoms with Crippen molar-refractivity contribution in [1.29, 1.82) is 0 Å². The monoisotopic (exact) mass is 136 g/mol. The first-order valence-electron chi connectivity index (χ1n) is 3.12. The molecule has 1 nitrogen and oxygen atoms in total. The van der Waals surface area contributed by atoms with Gasteiger partial charge in [-0.2, -0.15) is 0 Å². The van der Waals surface area contributed by atoms with Gasteiger partial charge in [0.2, 0.25) is 0 Å². The number of allylic oxidation sites excluding steroid dienone is 6. The average Bonchev–Trinajstić information content (AvgIpc) is 1.89. The largest absolute Gasteiger partial charge is 0.508 e. The SMILES string of the molecule is C=C\C=C(O)/C=C\C=C/C. The second kappa shape index (κ2) is 5.89. The van der Waals surface area contributed by atoms with E-state index < -0.39 is 0 Å². The molecule has 54 valence electrons. The fourth-order valence-electron chi connectivity index (χ4n) is 0.442. The van der Waals surface area contributed by atoms with Crippen molar-refractivity contribution in [1.82, 2.24) is 0 Å². The normalized spacial score (nSPS) is 13.1. The summed E-state index contributed by atoms with van der Waals surface area (Å²) in [5, 5.41) is 8.94. The van der Waals surface area contributed by atoms with Gasteiger partial charge in [0, 0.05) is 0 Å². The van der Waals surface area contributed by atoms with Crippen molar-refractivity contribution in [3.8, 4) is 0 Å². The Morgan fingerprint density at radius 2 is 2.10 bits per heavy atom. The van der Waals surface area contributed by atoms with Crippen LogP contribution < -0.4 is 0 Å². The minimum Gasteiger partial charge on any atom is -0.508 e. The van der Waals surface area contributed by atoms with Gasteiger partial charge in [0.15, 0.2) is 0 Å². The van der Waals surface area contributed by atoms with E-state index in [-0.39, 0.29) is 5.76 Å². The summed E-state index contributed by atoms with van der Waals surface area (Å²) in [6.45, 7) is 5.36. The number of hydrogen-bond donors (Lipinski definition) is 1. The molecule has 10 heavy (non-hydrogen) atoms. The minimum atomic E-state index is 0.216. The Morgan fingerprint density at radius 3 is 2.60 bits per heavy atom. The molecule has 0 aliphatic rings. The van der Waals surface area contributed by atoms with E-state index in [0.717, 1.165) is 0 Å². The van der Waals surface area contributed by atoms with E-state index in [4.69, 9.17) is 5.11 Å². The molecule has 0 bridgehead atoms. The molecule has 0 amide bonds. The zero-order valence-electron chi connectivity index (χ0n) is 6.12. The van der Waals surface area contributed by atoms with Crippen LogP contribution >= 0.6 is 0 Å². The standard InChI is InChI=1S/C9H12O/c1-3-5-6-8-9(10)7-4-2/h3-8,10H,2H2,1H3/b5-3-,8-6-,9-7+. The van der Waals surface area contributed by atoms with E-state index in [1.54, 1.807) is 12.2 Å². The van der Waals surface area contributed by atoms with Crippen LogP contribution in [0.4, 0.5) is 0 Å². The summed E-state index contributed by atoms with van der Waals surface area (Å²) in [5.74, 6) is 0.216. The van der Waals surface area contributed by atoms with Crippen molar-refractivity contribution >= 4 is 0 Å². The molecule has 1 N–H and O–H groups in total. The highest BCUT2D eigenvalue weighted by Gasteiger charge is 1.76. The molecule has 0 fully saturated rings. The van der Waals surface area contributed by atoms with E-state index in [1.807, 2.05) is 19.1 Å². The summed E-state index contributed by atoms with van der Waals surface area (Å²) in [7, 11) is 0. The average molecular weight is 136 g/mol. The van der Waals surface area contributed by atoms with Crippen LogP contribution in [0.15, 0.2) is 48.8 Å². The molecule has 0 heterocycles. The molecular formula is C9H12O. The maximum Gasteiger partial charge on any atom is 0.115 e. The van der Waals surface area contributed by atoms with Crippen molar-refractivity contribution < 1.29 is 5.11 Å². The van der Waals surface area contributed by atoms with Gasteiger partial charge < -0.3 is 5.11 Å². The minimum absolute atomic E-state index is 0.216. The lowest BCUT2D eigenvalue weighted by Crippen LogP contribution is -1.69. The van der Waals surface area contributed by atoms with Gasteiger partial charge in [-0.15, -0.1) is 0 Å². The first kappa shape index (κ1) is 8.76. The smallest absolute Gasteiger partial charge is 0.115 e. The summed E-state index contributed by atoms with van der Waals surface area (Å²) in [5.41, 5.74) is 0. The summed E-state index contributed by atoms with van der Waals surface area (Å²) < 4.78 is 0. The van der Waals surface area contributed by atoms with Gasteiger partial charge in [0.25, 0.3) is 0 Å². The second-order valence-corrected chi connectivity index (χ2v) is 1.71.